The maximum Gasteiger partial charge on any atom is 0.252 e. The number of rotatable bonds is 12. The average molecular weight is 1930 g/mol. The minimum absolute atomic E-state index is 0.00772. The molecule has 6 aliphatic rings. The Hall–Kier alpha value is -17.3. The highest BCUT2D eigenvalue weighted by Crippen LogP contribution is 2.67. The van der Waals surface area contributed by atoms with Crippen molar-refractivity contribution >= 4 is 136 Å². The topological polar surface area (TPSA) is 17.9 Å². The molecule has 28 rings (SSSR count). The molecule has 2 aliphatic carbocycles. The highest BCUT2D eigenvalue weighted by molar-refractivity contribution is 7.03. The Morgan fingerprint density at radius 1 is 0.213 bits per heavy atom. The summed E-state index contributed by atoms with van der Waals surface area (Å²) in [4.78, 5) is 10.4. The Morgan fingerprint density at radius 3 is 0.907 bits per heavy atom. The van der Waals surface area contributed by atoms with Crippen LogP contribution in [0, 0.1) is 0 Å². The molecule has 0 saturated carbocycles. The Kier molecular flexibility index (Phi) is 18.5. The summed E-state index contributed by atoms with van der Waals surface area (Å²) >= 11 is 0. The van der Waals surface area contributed by atoms with Crippen LogP contribution in [-0.2, 0) is 27.1 Å². The first-order valence-electron chi connectivity index (χ1n) is 56.7. The fourth-order valence-electron chi connectivity index (χ4n) is 25.8. The SMILES string of the molecule is [2H]c1c([2H])c([2H])c2c(c1[2H])c1c([2H])c([2H])c([2H])c([2H])c1n2-c1cc2c3c(c1)N(c1c(-c4ccccc4)cc(C(C)(C)C)cc1-c1ccccc1)c1cc4c(cc1B3c1ccccc1N2c1cccc(C(C)(C)C)c1)B1c2ccccc2N(c2c(-c3ccccc3)cc(C(C)(C)C)cc2-c2ccccc2)c2cc(-c3cccc5c3C3(c6ccccc6-c6ccccc63)c3ccccc3-5)cc(c21)N4c1c(-c2ccccc2)cc(C(C)(C)C)cc1-c1ccccc1. The molecule has 21 aromatic carbocycles. The quantitative estimate of drug-likeness (QED) is 0.113. The largest absolute Gasteiger partial charge is 0.311 e. The Bertz CT molecular complexity index is 9530. The van der Waals surface area contributed by atoms with Crippen LogP contribution in [0.1, 0.15) is 139 Å². The number of nitrogens with zero attached hydrogens (tertiary/aromatic N) is 5. The van der Waals surface area contributed by atoms with Crippen molar-refractivity contribution in [2.24, 2.45) is 0 Å². The van der Waals surface area contributed by atoms with Gasteiger partial charge >= 0.3 is 0 Å². The molecule has 5 nitrogen and oxygen atoms in total. The standard InChI is InChI=1S/C143H113B2N5/c1-139(2,3)97-59-45-60-101(79-97)146-125-75-43-39-71-119(125)144-122-88-121-127(89-128(122)150(132-87-102(86-131(146)135(132)144)147-123-73-41-34-64-107(123)108-65-35-42-74-124(108)147)138-114(94-55-27-17-28-56-94)84-100(142(10,11)12)85-115(138)95-57-29-18-30-58-95)149(137-112(92-51-23-15-24-52-92)82-99(141(7,8)9)83-113(137)93-53-25-16-26-54-93)130-78-96(103-66-46-67-109-106-63-33-38-70-118(106)143(133(103)109)116-68-36-31-61-104(116)105-62-32-37-69-117(105)143)77-129-134(130)145(121)120-72-40-44-76-126(120)148(129)136-110(90-47-19-13-20-48-90)80-98(140(4,5)6)81-111(136)91-49-21-14-22-50-91/h13-89H,1-12H3/i34D,35D,41D,42D,64D,65D,73D,74D. The molecule has 0 N–H and O–H groups in total. The van der Waals surface area contributed by atoms with Gasteiger partial charge in [0, 0.05) is 95.3 Å². The summed E-state index contributed by atoms with van der Waals surface area (Å²) in [5, 5.41) is -0.0404. The summed E-state index contributed by atoms with van der Waals surface area (Å²) in [5.74, 6) is 0. The van der Waals surface area contributed by atoms with Gasteiger partial charge in [0.25, 0.3) is 13.4 Å². The van der Waals surface area contributed by atoms with Crippen LogP contribution in [0.2, 0.25) is 0 Å². The van der Waals surface area contributed by atoms with Gasteiger partial charge in [0.15, 0.2) is 0 Å². The molecule has 716 valence electrons. The van der Waals surface area contributed by atoms with Gasteiger partial charge in [0.1, 0.15) is 0 Å². The number of anilines is 12. The van der Waals surface area contributed by atoms with Crippen molar-refractivity contribution in [3.63, 3.8) is 0 Å². The molecule has 0 unspecified atom stereocenters. The highest BCUT2D eigenvalue weighted by atomic mass is 15.2. The molecular weight excluding hydrogens is 1810 g/mol. The van der Waals surface area contributed by atoms with Crippen LogP contribution in [0.4, 0.5) is 68.2 Å². The smallest absolute Gasteiger partial charge is 0.252 e. The molecule has 1 spiro atoms. The Labute approximate surface area is 892 Å². The van der Waals surface area contributed by atoms with E-state index in [1.165, 1.54) is 50.1 Å². The fourth-order valence-corrected chi connectivity index (χ4v) is 25.8. The van der Waals surface area contributed by atoms with Gasteiger partial charge in [-0.3, -0.25) is 0 Å². The lowest BCUT2D eigenvalue weighted by atomic mass is 9.30. The van der Waals surface area contributed by atoms with Gasteiger partial charge in [-0.2, -0.15) is 0 Å². The second-order valence-electron chi connectivity index (χ2n) is 45.5. The molecule has 5 heterocycles. The molecule has 0 atom stereocenters. The lowest BCUT2D eigenvalue weighted by Crippen LogP contribution is -2.65. The summed E-state index contributed by atoms with van der Waals surface area (Å²) in [6.07, 6.45) is 0. The van der Waals surface area contributed by atoms with Crippen LogP contribution in [0.25, 0.3) is 128 Å². The Balaban J connectivity index is 0.865. The zero-order valence-electron chi connectivity index (χ0n) is 94.2. The van der Waals surface area contributed by atoms with E-state index in [1.54, 1.807) is 4.57 Å². The predicted octanol–water partition coefficient (Wildman–Crippen LogP) is 34.2. The van der Waals surface area contributed by atoms with E-state index in [0.717, 1.165) is 196 Å². The van der Waals surface area contributed by atoms with Crippen molar-refractivity contribution in [3.05, 3.63) is 511 Å². The van der Waals surface area contributed by atoms with Gasteiger partial charge < -0.3 is 24.2 Å². The third-order valence-corrected chi connectivity index (χ3v) is 32.7. The zero-order chi connectivity index (χ0) is 108. The number of hydrogen-bond donors (Lipinski definition) is 0. The van der Waals surface area contributed by atoms with Crippen LogP contribution < -0.4 is 52.4 Å². The molecule has 0 radical (unpaired) electrons. The van der Waals surface area contributed by atoms with Crippen molar-refractivity contribution in [1.29, 1.82) is 0 Å². The van der Waals surface area contributed by atoms with E-state index >= 15 is 0 Å². The first-order valence-corrected chi connectivity index (χ1v) is 52.7. The van der Waals surface area contributed by atoms with Gasteiger partial charge in [-0.1, -0.05) is 447 Å². The van der Waals surface area contributed by atoms with Crippen molar-refractivity contribution in [3.8, 4) is 106 Å². The maximum absolute atomic E-state index is 10.5. The maximum atomic E-state index is 10.5. The number of hydrogen-bond acceptors (Lipinski definition) is 4. The summed E-state index contributed by atoms with van der Waals surface area (Å²) < 4.78 is 81.9. The van der Waals surface area contributed by atoms with E-state index in [9.17, 15) is 11.0 Å². The molecule has 0 amide bonds. The van der Waals surface area contributed by atoms with E-state index in [4.69, 9.17) is 0 Å². The molecule has 0 fully saturated rings. The normalized spacial score (nSPS) is 14.5. The molecule has 7 heteroatoms. The molecule has 0 saturated heterocycles. The number of fused-ring (bicyclic) bond motifs is 21. The van der Waals surface area contributed by atoms with E-state index in [2.05, 4.69) is 521 Å². The van der Waals surface area contributed by atoms with Crippen LogP contribution >= 0.6 is 0 Å². The minimum atomic E-state index is -0.820. The molecule has 4 aliphatic heterocycles. The van der Waals surface area contributed by atoms with Crippen molar-refractivity contribution in [2.45, 2.75) is 110 Å². The van der Waals surface area contributed by atoms with Crippen LogP contribution in [0.3, 0.4) is 0 Å². The van der Waals surface area contributed by atoms with Crippen LogP contribution in [-0.4, -0.2) is 18.0 Å². The lowest BCUT2D eigenvalue weighted by molar-refractivity contribution is 0.590. The Morgan fingerprint density at radius 2 is 0.520 bits per heavy atom. The molecule has 150 heavy (non-hydrogen) atoms. The van der Waals surface area contributed by atoms with Gasteiger partial charge in [-0.15, -0.1) is 0 Å². The van der Waals surface area contributed by atoms with E-state index < -0.39 is 78.0 Å². The van der Waals surface area contributed by atoms with Crippen molar-refractivity contribution < 1.29 is 11.0 Å². The first-order chi connectivity index (χ1) is 76.3. The highest BCUT2D eigenvalue weighted by Gasteiger charge is 2.55. The lowest BCUT2D eigenvalue weighted by Gasteiger charge is -2.48. The van der Waals surface area contributed by atoms with Gasteiger partial charge in [-0.25, -0.2) is 0 Å². The summed E-state index contributed by atoms with van der Waals surface area (Å²) in [7, 11) is 0. The van der Waals surface area contributed by atoms with E-state index in [0.29, 0.717) is 5.69 Å². The van der Waals surface area contributed by atoms with Crippen molar-refractivity contribution in [1.82, 2.24) is 4.57 Å². The summed E-state index contributed by atoms with van der Waals surface area (Å²) in [5.41, 5.74) is 43.5. The zero-order valence-corrected chi connectivity index (χ0v) is 86.2. The first kappa shape index (κ1) is 81.9. The second-order valence-corrected chi connectivity index (χ2v) is 45.5. The van der Waals surface area contributed by atoms with Crippen LogP contribution in [0.5, 0.6) is 0 Å². The van der Waals surface area contributed by atoms with Crippen LogP contribution in [0.15, 0.2) is 467 Å². The van der Waals surface area contributed by atoms with E-state index in [-0.39, 0.29) is 32.6 Å². The third kappa shape index (κ3) is 13.8. The second kappa shape index (κ2) is 33.9. The summed E-state index contributed by atoms with van der Waals surface area (Å²) in [6.45, 7) is 26.5. The van der Waals surface area contributed by atoms with Crippen molar-refractivity contribution in [2.75, 3.05) is 19.6 Å². The van der Waals surface area contributed by atoms with Gasteiger partial charge in [0.05, 0.1) is 50.2 Å². The fraction of sp³-hybridized carbons (Fsp3) is 0.119. The number of benzene rings is 21. The third-order valence-electron chi connectivity index (χ3n) is 32.7. The minimum Gasteiger partial charge on any atom is -0.311 e. The molecule has 0 bridgehead atoms. The average Bonchev–Trinajstić information content (AvgIpc) is 1.53. The number of aromatic nitrogens is 1. The monoisotopic (exact) mass is 1930 g/mol. The molecule has 1 aromatic heterocycles. The number of para-hydroxylation sites is 4. The summed E-state index contributed by atoms with van der Waals surface area (Å²) in [6, 6.07) is 154. The molecular formula is C143H113B2N5. The molecule has 22 aromatic rings. The van der Waals surface area contributed by atoms with Gasteiger partial charge in [0.2, 0.25) is 0 Å². The predicted molar refractivity (Wildman–Crippen MR) is 638 cm³/mol. The van der Waals surface area contributed by atoms with Gasteiger partial charge in [-0.05, 0) is 269 Å². The van der Waals surface area contributed by atoms with E-state index in [1.807, 2.05) is 0 Å².